The number of furan rings is 1. The summed E-state index contributed by atoms with van der Waals surface area (Å²) < 4.78 is 18.8. The second-order valence-corrected chi connectivity index (χ2v) is 5.09. The first-order valence-electron chi connectivity index (χ1n) is 7.29. The van der Waals surface area contributed by atoms with E-state index in [0.717, 1.165) is 5.76 Å². The van der Waals surface area contributed by atoms with E-state index < -0.39 is 11.7 Å². The number of para-hydroxylation sites is 1. The number of amides is 1. The van der Waals surface area contributed by atoms with E-state index in [2.05, 4.69) is 20.6 Å². The third-order valence-electron chi connectivity index (χ3n) is 3.21. The molecule has 0 fully saturated rings. The monoisotopic (exact) mass is 326 g/mol. The van der Waals surface area contributed by atoms with E-state index in [9.17, 15) is 9.18 Å². The minimum Gasteiger partial charge on any atom is -0.467 e. The summed E-state index contributed by atoms with van der Waals surface area (Å²) in [6, 6.07) is 11.1. The third-order valence-corrected chi connectivity index (χ3v) is 3.21. The van der Waals surface area contributed by atoms with Gasteiger partial charge in [0, 0.05) is 5.69 Å². The third kappa shape index (κ3) is 3.75. The van der Waals surface area contributed by atoms with Crippen molar-refractivity contribution in [1.29, 1.82) is 0 Å². The molecule has 0 aliphatic heterocycles. The number of benzene rings is 1. The van der Waals surface area contributed by atoms with Gasteiger partial charge in [-0.1, -0.05) is 12.1 Å². The predicted octanol–water partition coefficient (Wildman–Crippen LogP) is 3.38. The maximum absolute atomic E-state index is 13.6. The second-order valence-electron chi connectivity index (χ2n) is 5.09. The van der Waals surface area contributed by atoms with Crippen LogP contribution in [0.4, 0.5) is 16.0 Å². The number of nitrogens with zero attached hydrogens (tertiary/aromatic N) is 2. The highest BCUT2D eigenvalue weighted by Crippen LogP contribution is 2.14. The Morgan fingerprint density at radius 1 is 1.21 bits per heavy atom. The number of carbonyl (C=O) groups excluding carboxylic acids is 1. The normalized spacial score (nSPS) is 10.4. The number of nitrogens with one attached hydrogen (secondary N) is 2. The Kier molecular flexibility index (Phi) is 4.51. The zero-order chi connectivity index (χ0) is 16.9. The van der Waals surface area contributed by atoms with Crippen molar-refractivity contribution >= 4 is 17.5 Å². The molecule has 0 aliphatic rings. The van der Waals surface area contributed by atoms with Gasteiger partial charge in [0.05, 0.1) is 18.5 Å². The van der Waals surface area contributed by atoms with Crippen LogP contribution >= 0.6 is 0 Å². The smallest absolute Gasteiger partial charge is 0.274 e. The van der Waals surface area contributed by atoms with Crippen LogP contribution in [-0.2, 0) is 6.54 Å². The molecule has 122 valence electrons. The number of halogens is 1. The predicted molar refractivity (Wildman–Crippen MR) is 87.2 cm³/mol. The highest BCUT2D eigenvalue weighted by Gasteiger charge is 2.13. The SMILES string of the molecule is Cc1cc(C(=O)Nc2ccccc2F)nc(NCc2ccco2)n1. The van der Waals surface area contributed by atoms with Gasteiger partial charge in [-0.15, -0.1) is 0 Å². The zero-order valence-electron chi connectivity index (χ0n) is 12.9. The number of aromatic nitrogens is 2. The molecular formula is C17H15FN4O2. The molecule has 2 heterocycles. The fraction of sp³-hybridized carbons (Fsp3) is 0.118. The van der Waals surface area contributed by atoms with Crippen molar-refractivity contribution in [2.75, 3.05) is 10.6 Å². The van der Waals surface area contributed by atoms with Crippen molar-refractivity contribution in [3.05, 3.63) is 71.7 Å². The number of rotatable bonds is 5. The Bertz CT molecular complexity index is 850. The summed E-state index contributed by atoms with van der Waals surface area (Å²) in [7, 11) is 0. The van der Waals surface area contributed by atoms with Crippen LogP contribution in [-0.4, -0.2) is 15.9 Å². The molecule has 24 heavy (non-hydrogen) atoms. The number of hydrogen-bond donors (Lipinski definition) is 2. The first kappa shape index (κ1) is 15.7. The lowest BCUT2D eigenvalue weighted by Gasteiger charge is -2.08. The molecule has 3 rings (SSSR count). The van der Waals surface area contributed by atoms with Gasteiger partial charge in [-0.3, -0.25) is 4.79 Å². The Labute approximate surface area is 137 Å². The van der Waals surface area contributed by atoms with E-state index in [1.54, 1.807) is 31.4 Å². The molecule has 0 bridgehead atoms. The molecule has 0 atom stereocenters. The van der Waals surface area contributed by atoms with Crippen LogP contribution in [0.25, 0.3) is 0 Å². The van der Waals surface area contributed by atoms with E-state index in [0.29, 0.717) is 18.2 Å². The minimum absolute atomic E-state index is 0.101. The van der Waals surface area contributed by atoms with E-state index in [1.807, 2.05) is 6.07 Å². The standard InChI is InChI=1S/C17H15FN4O2/c1-11-9-15(16(23)21-14-7-3-2-6-13(14)18)22-17(20-11)19-10-12-5-4-8-24-12/h2-9H,10H2,1H3,(H,21,23)(H,19,20,22). The molecule has 0 spiro atoms. The summed E-state index contributed by atoms with van der Waals surface area (Å²) >= 11 is 0. The molecule has 0 radical (unpaired) electrons. The summed E-state index contributed by atoms with van der Waals surface area (Å²) in [5, 5.41) is 5.49. The van der Waals surface area contributed by atoms with Crippen LogP contribution in [0.15, 0.2) is 53.1 Å². The van der Waals surface area contributed by atoms with Crippen molar-refractivity contribution in [1.82, 2.24) is 9.97 Å². The Morgan fingerprint density at radius 3 is 2.79 bits per heavy atom. The van der Waals surface area contributed by atoms with Crippen molar-refractivity contribution in [2.45, 2.75) is 13.5 Å². The first-order valence-corrected chi connectivity index (χ1v) is 7.29. The number of hydrogen-bond acceptors (Lipinski definition) is 5. The van der Waals surface area contributed by atoms with Gasteiger partial charge in [0.1, 0.15) is 17.3 Å². The molecule has 6 nitrogen and oxygen atoms in total. The molecule has 2 aromatic heterocycles. The average molecular weight is 326 g/mol. The lowest BCUT2D eigenvalue weighted by molar-refractivity contribution is 0.102. The Hall–Kier alpha value is -3.22. The summed E-state index contributed by atoms with van der Waals surface area (Å²) in [4.78, 5) is 20.7. The molecule has 2 N–H and O–H groups in total. The molecule has 3 aromatic rings. The number of anilines is 2. The largest absolute Gasteiger partial charge is 0.467 e. The molecule has 0 saturated heterocycles. The van der Waals surface area contributed by atoms with Gasteiger partial charge in [-0.2, -0.15) is 0 Å². The van der Waals surface area contributed by atoms with Gasteiger partial charge in [0.15, 0.2) is 0 Å². The van der Waals surface area contributed by atoms with Crippen LogP contribution in [0.5, 0.6) is 0 Å². The fourth-order valence-electron chi connectivity index (χ4n) is 2.09. The Morgan fingerprint density at radius 2 is 2.04 bits per heavy atom. The molecule has 0 unspecified atom stereocenters. The molecule has 1 amide bonds. The highest BCUT2D eigenvalue weighted by atomic mass is 19.1. The van der Waals surface area contributed by atoms with Crippen molar-refractivity contribution in [3.63, 3.8) is 0 Å². The lowest BCUT2D eigenvalue weighted by atomic mass is 10.2. The van der Waals surface area contributed by atoms with Crippen LogP contribution in [0.3, 0.4) is 0 Å². The first-order chi connectivity index (χ1) is 11.6. The maximum atomic E-state index is 13.6. The van der Waals surface area contributed by atoms with Gasteiger partial charge in [-0.25, -0.2) is 14.4 Å². The summed E-state index contributed by atoms with van der Waals surface area (Å²) in [6.07, 6.45) is 1.57. The van der Waals surface area contributed by atoms with Crippen molar-refractivity contribution < 1.29 is 13.6 Å². The van der Waals surface area contributed by atoms with E-state index in [4.69, 9.17) is 4.42 Å². The molecule has 7 heteroatoms. The molecular weight excluding hydrogens is 311 g/mol. The minimum atomic E-state index is -0.508. The molecule has 0 aliphatic carbocycles. The maximum Gasteiger partial charge on any atom is 0.274 e. The Balaban J connectivity index is 1.75. The van der Waals surface area contributed by atoms with E-state index >= 15 is 0 Å². The van der Waals surface area contributed by atoms with Crippen LogP contribution in [0.1, 0.15) is 21.9 Å². The lowest BCUT2D eigenvalue weighted by Crippen LogP contribution is -2.16. The summed E-state index contributed by atoms with van der Waals surface area (Å²) in [5.41, 5.74) is 0.863. The van der Waals surface area contributed by atoms with E-state index in [-0.39, 0.29) is 11.4 Å². The van der Waals surface area contributed by atoms with Crippen LogP contribution in [0, 0.1) is 12.7 Å². The van der Waals surface area contributed by atoms with Crippen LogP contribution < -0.4 is 10.6 Å². The van der Waals surface area contributed by atoms with Gasteiger partial charge in [-0.05, 0) is 37.3 Å². The fourth-order valence-corrected chi connectivity index (χ4v) is 2.09. The van der Waals surface area contributed by atoms with Gasteiger partial charge >= 0.3 is 0 Å². The number of carbonyl (C=O) groups is 1. The van der Waals surface area contributed by atoms with Gasteiger partial charge in [0.2, 0.25) is 5.95 Å². The zero-order valence-corrected chi connectivity index (χ0v) is 12.9. The highest BCUT2D eigenvalue weighted by molar-refractivity contribution is 6.03. The quantitative estimate of drug-likeness (QED) is 0.751. The molecule has 0 saturated carbocycles. The average Bonchev–Trinajstić information content (AvgIpc) is 3.08. The van der Waals surface area contributed by atoms with Crippen molar-refractivity contribution in [2.24, 2.45) is 0 Å². The second kappa shape index (κ2) is 6.91. The topological polar surface area (TPSA) is 80.0 Å². The van der Waals surface area contributed by atoms with Gasteiger partial charge in [0.25, 0.3) is 5.91 Å². The summed E-state index contributed by atoms with van der Waals surface area (Å²) in [6.45, 7) is 2.14. The van der Waals surface area contributed by atoms with Crippen LogP contribution in [0.2, 0.25) is 0 Å². The van der Waals surface area contributed by atoms with Gasteiger partial charge < -0.3 is 15.1 Å². The molecule has 1 aromatic carbocycles. The van der Waals surface area contributed by atoms with Crippen molar-refractivity contribution in [3.8, 4) is 0 Å². The summed E-state index contributed by atoms with van der Waals surface area (Å²) in [5.74, 6) is 0.00184. The van der Waals surface area contributed by atoms with E-state index in [1.165, 1.54) is 18.2 Å². The number of aryl methyl sites for hydroxylation is 1.